The van der Waals surface area contributed by atoms with E-state index in [-0.39, 0.29) is 24.8 Å². The quantitative estimate of drug-likeness (QED) is 0.256. The molecule has 0 fully saturated rings. The van der Waals surface area contributed by atoms with Crippen molar-refractivity contribution < 1.29 is 45.7 Å². The first-order valence-electron chi connectivity index (χ1n) is 15.6. The Labute approximate surface area is 282 Å². The molecule has 0 nitrogen and oxygen atoms in total. The molecule has 6 heteroatoms. The summed E-state index contributed by atoms with van der Waals surface area (Å²) >= 11 is -1.96. The van der Waals surface area contributed by atoms with Crippen LogP contribution in [0, 0.1) is 0 Å². The Morgan fingerprint density at radius 1 is 0.721 bits per heavy atom. The first-order valence-corrected chi connectivity index (χ1v) is 31.3. The largest absolute Gasteiger partial charge is 1.00 e. The predicted molar refractivity (Wildman–Crippen MR) is 186 cm³/mol. The Bertz CT molecular complexity index is 1730. The van der Waals surface area contributed by atoms with Crippen molar-refractivity contribution in [3.05, 3.63) is 95.1 Å². The predicted octanol–water partition coefficient (Wildman–Crippen LogP) is 0.638. The van der Waals surface area contributed by atoms with E-state index in [1.807, 2.05) is 8.46 Å². The van der Waals surface area contributed by atoms with Gasteiger partial charge in [0.1, 0.15) is 0 Å². The molecule has 0 N–H and O–H groups in total. The van der Waals surface area contributed by atoms with Gasteiger partial charge in [-0.05, 0) is 0 Å². The first kappa shape index (κ1) is 33.1. The second-order valence-electron chi connectivity index (χ2n) is 14.5. The SMILES string of the molecule is CCC1=Cc2c(ccc(CC)c2-c2cc([Si](C)(C)C)cc([Si](C)(C)C)c2)[CH]1[Zr+2]1[c]2cccc3c2[SiH]1c1ccccc1-3.[Cl-].[Cl-]. The smallest absolute Gasteiger partial charge is 1.00 e. The summed E-state index contributed by atoms with van der Waals surface area (Å²) in [6.45, 7) is 19.9. The maximum atomic E-state index is 2.69. The molecular formula is C37H43Cl2Si3Zr. The molecule has 1 aliphatic carbocycles. The third kappa shape index (κ3) is 5.17. The molecule has 2 heterocycles. The molecule has 2 aliphatic heterocycles. The van der Waals surface area contributed by atoms with Crippen molar-refractivity contribution in [3.63, 3.8) is 0 Å². The molecule has 7 rings (SSSR count). The molecule has 0 saturated carbocycles. The van der Waals surface area contributed by atoms with Crippen LogP contribution in [-0.2, 0) is 27.3 Å². The third-order valence-electron chi connectivity index (χ3n) is 10.0. The van der Waals surface area contributed by atoms with Gasteiger partial charge in [0.05, 0.1) is 0 Å². The third-order valence-corrected chi connectivity index (χ3v) is 36.3. The zero-order valence-corrected chi connectivity index (χ0v) is 34.0. The summed E-state index contributed by atoms with van der Waals surface area (Å²) in [5, 5.41) is 6.84. The Hall–Kier alpha value is -1.27. The number of fused-ring (bicyclic) bond motifs is 4. The molecule has 43 heavy (non-hydrogen) atoms. The second-order valence-corrected chi connectivity index (χ2v) is 39.6. The summed E-state index contributed by atoms with van der Waals surface area (Å²) in [7, 11) is -2.94. The van der Waals surface area contributed by atoms with Gasteiger partial charge in [-0.15, -0.1) is 0 Å². The molecule has 0 spiro atoms. The van der Waals surface area contributed by atoms with Gasteiger partial charge in [0.2, 0.25) is 0 Å². The fourth-order valence-electron chi connectivity index (χ4n) is 7.74. The summed E-state index contributed by atoms with van der Waals surface area (Å²) in [4.78, 5) is 0. The van der Waals surface area contributed by atoms with Gasteiger partial charge in [0.15, 0.2) is 0 Å². The van der Waals surface area contributed by atoms with Gasteiger partial charge < -0.3 is 24.8 Å². The van der Waals surface area contributed by atoms with E-state index < -0.39 is 43.0 Å². The van der Waals surface area contributed by atoms with Gasteiger partial charge in [0.25, 0.3) is 0 Å². The van der Waals surface area contributed by atoms with E-state index in [4.69, 9.17) is 0 Å². The maximum Gasteiger partial charge on any atom is -1.00 e. The van der Waals surface area contributed by atoms with Crippen molar-refractivity contribution in [1.82, 2.24) is 0 Å². The van der Waals surface area contributed by atoms with Crippen LogP contribution in [0.1, 0.15) is 40.6 Å². The minimum atomic E-state index is -1.96. The van der Waals surface area contributed by atoms with E-state index in [0.29, 0.717) is 3.63 Å². The van der Waals surface area contributed by atoms with Gasteiger partial charge in [-0.2, -0.15) is 0 Å². The molecule has 4 aromatic carbocycles. The van der Waals surface area contributed by atoms with E-state index in [1.165, 1.54) is 17.5 Å². The Morgan fingerprint density at radius 3 is 2.00 bits per heavy atom. The van der Waals surface area contributed by atoms with E-state index in [0.717, 1.165) is 6.42 Å². The molecule has 2 atom stereocenters. The van der Waals surface area contributed by atoms with E-state index in [9.17, 15) is 0 Å². The Balaban J connectivity index is 0.00000184. The number of halogens is 2. The molecular weight excluding hydrogens is 691 g/mol. The summed E-state index contributed by atoms with van der Waals surface area (Å²) < 4.78 is 2.56. The number of allylic oxidation sites excluding steroid dienone is 1. The molecule has 3 aliphatic rings. The fourth-order valence-corrected chi connectivity index (χ4v) is 36.6. The number of benzene rings is 4. The molecule has 0 amide bonds. The normalized spacial score (nSPS) is 17.7. The zero-order chi connectivity index (χ0) is 28.8. The summed E-state index contributed by atoms with van der Waals surface area (Å²) in [5.74, 6) is -1.07. The molecule has 0 bridgehead atoms. The topological polar surface area (TPSA) is 0 Å². The van der Waals surface area contributed by atoms with E-state index >= 15 is 0 Å². The van der Waals surface area contributed by atoms with Crippen LogP contribution >= 0.6 is 0 Å². The van der Waals surface area contributed by atoms with Gasteiger partial charge >= 0.3 is 260 Å². The number of rotatable bonds is 6. The van der Waals surface area contributed by atoms with Crippen LogP contribution < -0.4 is 48.8 Å². The average molecular weight is 734 g/mol. The van der Waals surface area contributed by atoms with Crippen LogP contribution in [0.4, 0.5) is 0 Å². The standard InChI is InChI=1S/C25H35Si2.C12H8Si.2ClH.Zr/c1-9-18-13-20-12-11-19(10-2)25(24(20)14-18)21-15-22(26(3,4)5)17-23(16-21)27(6,7)8;1-3-7-11-9(5-1)10-6-2-4-8-12(10)13-11;;;/h11-17H,9-10H2,1-8H3;1-7,13H;2*1H;/q;;;;+2/p-2. The van der Waals surface area contributed by atoms with Gasteiger partial charge in [0, 0.05) is 0 Å². The van der Waals surface area contributed by atoms with E-state index in [1.54, 1.807) is 49.0 Å². The molecule has 2 unspecified atom stereocenters. The van der Waals surface area contributed by atoms with Crippen molar-refractivity contribution in [1.29, 1.82) is 0 Å². The van der Waals surface area contributed by atoms with Crippen LogP contribution in [0.15, 0.2) is 78.4 Å². The summed E-state index contributed by atoms with van der Waals surface area (Å²) in [5.41, 5.74) is 12.7. The van der Waals surface area contributed by atoms with Crippen molar-refractivity contribution >= 4 is 52.2 Å². The van der Waals surface area contributed by atoms with Crippen LogP contribution in [0.25, 0.3) is 28.3 Å². The number of hydrogen-bond acceptors (Lipinski definition) is 0. The second kappa shape index (κ2) is 11.8. The Kier molecular flexibility index (Phi) is 9.11. The molecule has 221 valence electrons. The first-order chi connectivity index (χ1) is 19.5. The average Bonchev–Trinajstić information content (AvgIpc) is 3.46. The van der Waals surface area contributed by atoms with Crippen LogP contribution in [0.2, 0.25) is 39.3 Å². The minimum Gasteiger partial charge on any atom is -1.00 e. The van der Waals surface area contributed by atoms with Crippen molar-refractivity contribution in [2.24, 2.45) is 0 Å². The molecule has 0 saturated heterocycles. The summed E-state index contributed by atoms with van der Waals surface area (Å²) in [6, 6.07) is 29.7. The van der Waals surface area contributed by atoms with E-state index in [2.05, 4.69) is 132 Å². The zero-order valence-electron chi connectivity index (χ0n) is 26.8. The van der Waals surface area contributed by atoms with Gasteiger partial charge in [-0.3, -0.25) is 0 Å². The molecule has 0 aromatic heterocycles. The fraction of sp³-hybridized carbons (Fsp3) is 0.297. The van der Waals surface area contributed by atoms with Gasteiger partial charge in [-0.25, -0.2) is 0 Å². The monoisotopic (exact) mass is 731 g/mol. The van der Waals surface area contributed by atoms with Crippen LogP contribution in [0.3, 0.4) is 0 Å². The Morgan fingerprint density at radius 2 is 1.37 bits per heavy atom. The maximum absolute atomic E-state index is 2.69. The number of hydrogen-bond donors (Lipinski definition) is 0. The minimum absolute atomic E-state index is 0. The molecule has 0 radical (unpaired) electrons. The van der Waals surface area contributed by atoms with Crippen molar-refractivity contribution in [3.8, 4) is 22.3 Å². The van der Waals surface area contributed by atoms with Crippen molar-refractivity contribution in [2.75, 3.05) is 0 Å². The molecule has 4 aromatic rings. The van der Waals surface area contributed by atoms with Gasteiger partial charge in [-0.1, -0.05) is 0 Å². The van der Waals surface area contributed by atoms with Crippen LogP contribution in [-0.4, -0.2) is 22.1 Å². The van der Waals surface area contributed by atoms with Crippen LogP contribution in [0.5, 0.6) is 0 Å². The van der Waals surface area contributed by atoms with Crippen molar-refractivity contribution in [2.45, 2.75) is 69.6 Å². The summed E-state index contributed by atoms with van der Waals surface area (Å²) in [6.07, 6.45) is 4.95. The number of aryl methyl sites for hydroxylation is 1.